The molecule has 0 aliphatic carbocycles. The van der Waals surface area contributed by atoms with E-state index in [1.54, 1.807) is 0 Å². The summed E-state index contributed by atoms with van der Waals surface area (Å²) in [5.41, 5.74) is 0. The molecule has 1 unspecified atom stereocenters. The molecule has 0 saturated heterocycles. The maximum Gasteiger partial charge on any atom is 0.240 e. The molecule has 0 saturated carbocycles. The third-order valence-corrected chi connectivity index (χ3v) is 5.27. The zero-order chi connectivity index (χ0) is 14.1. The number of hydrogen-bond donors (Lipinski definition) is 2. The molecule has 0 aliphatic rings. The summed E-state index contributed by atoms with van der Waals surface area (Å²) in [7, 11) is -8.81. The minimum Gasteiger partial charge on any atom is -0.229 e. The van der Waals surface area contributed by atoms with Gasteiger partial charge < -0.3 is 0 Å². The summed E-state index contributed by atoms with van der Waals surface area (Å²) in [5.74, 6) is -1.21. The number of rotatable bonds is 6. The van der Waals surface area contributed by atoms with Gasteiger partial charge in [-0.25, -0.2) is 35.9 Å². The number of sulfonamides is 2. The zero-order valence-corrected chi connectivity index (χ0v) is 11.3. The third-order valence-electron chi connectivity index (χ3n) is 1.65. The summed E-state index contributed by atoms with van der Waals surface area (Å²) in [6.45, 7) is 0. The fourth-order valence-electron chi connectivity index (χ4n) is 1.07. The van der Waals surface area contributed by atoms with Crippen LogP contribution in [0.3, 0.4) is 0 Å². The maximum absolute atomic E-state index is 12.2. The van der Waals surface area contributed by atoms with E-state index in [1.165, 1.54) is 0 Å². The van der Waals surface area contributed by atoms with Crippen molar-refractivity contribution in [3.63, 3.8) is 0 Å². The predicted molar refractivity (Wildman–Crippen MR) is 59.9 cm³/mol. The number of alkyl halides is 4. The number of primary sulfonamides is 2. The molecule has 104 valence electrons. The molecular weight excluding hydrogens is 325 g/mol. The van der Waals surface area contributed by atoms with E-state index in [0.29, 0.717) is 0 Å². The van der Waals surface area contributed by atoms with Gasteiger partial charge in [0.2, 0.25) is 26.5 Å². The van der Waals surface area contributed by atoms with Crippen molar-refractivity contribution in [2.45, 2.75) is 22.4 Å². The van der Waals surface area contributed by atoms with Crippen LogP contribution in [-0.4, -0.2) is 38.6 Å². The first-order valence-electron chi connectivity index (χ1n) is 3.94. The van der Waals surface area contributed by atoms with E-state index in [-0.39, 0.29) is 0 Å². The van der Waals surface area contributed by atoms with Crippen LogP contribution in [0.1, 0.15) is 6.42 Å². The van der Waals surface area contributed by atoms with E-state index in [0.717, 1.165) is 0 Å². The lowest BCUT2D eigenvalue weighted by atomic mass is 10.2. The van der Waals surface area contributed by atoms with Crippen LogP contribution in [0.4, 0.5) is 8.78 Å². The molecule has 0 amide bonds. The fourth-order valence-corrected chi connectivity index (χ4v) is 4.73. The van der Waals surface area contributed by atoms with Crippen LogP contribution < -0.4 is 10.3 Å². The Morgan fingerprint density at radius 2 is 1.53 bits per heavy atom. The predicted octanol–water partition coefficient (Wildman–Crippen LogP) is -0.239. The molecule has 0 rings (SSSR count). The van der Waals surface area contributed by atoms with Gasteiger partial charge in [-0.1, -0.05) is 23.2 Å². The lowest BCUT2D eigenvalue weighted by Gasteiger charge is -2.26. The third kappa shape index (κ3) is 6.67. The standard InChI is InChI=1S/C5H10Cl2F2N2O4S2/c6-5(7,2-16(10,12)13)3(1-4(8)9)17(11,14)15/h3-4H,1-2H2,(H2,10,12,13)(H2,11,14,15). The van der Waals surface area contributed by atoms with Gasteiger partial charge in [0.05, 0.1) is 5.75 Å². The van der Waals surface area contributed by atoms with Gasteiger partial charge in [0, 0.05) is 6.42 Å². The van der Waals surface area contributed by atoms with Gasteiger partial charge in [-0.2, -0.15) is 0 Å². The average molecular weight is 335 g/mol. The Balaban J connectivity index is 5.31. The molecule has 12 heteroatoms. The molecule has 0 aliphatic heterocycles. The summed E-state index contributed by atoms with van der Waals surface area (Å²) in [5, 5.41) is 7.14. The molecule has 6 nitrogen and oxygen atoms in total. The highest BCUT2D eigenvalue weighted by molar-refractivity contribution is 7.90. The highest BCUT2D eigenvalue weighted by Gasteiger charge is 2.46. The van der Waals surface area contributed by atoms with Crippen molar-refractivity contribution < 1.29 is 25.6 Å². The Hall–Kier alpha value is 0.260. The maximum atomic E-state index is 12.2. The molecule has 4 N–H and O–H groups in total. The van der Waals surface area contributed by atoms with Gasteiger partial charge in [-0.3, -0.25) is 0 Å². The molecule has 17 heavy (non-hydrogen) atoms. The molecule has 0 aromatic rings. The second kappa shape index (κ2) is 5.49. The molecule has 0 spiro atoms. The smallest absolute Gasteiger partial charge is 0.229 e. The van der Waals surface area contributed by atoms with Crippen LogP contribution >= 0.6 is 23.2 Å². The molecule has 0 bridgehead atoms. The molecule has 0 aromatic heterocycles. The van der Waals surface area contributed by atoms with Gasteiger partial charge in [-0.15, -0.1) is 0 Å². The monoisotopic (exact) mass is 334 g/mol. The molecule has 0 fully saturated rings. The number of hydrogen-bond acceptors (Lipinski definition) is 4. The Morgan fingerprint density at radius 1 is 1.12 bits per heavy atom. The SMILES string of the molecule is NS(=O)(=O)CC(Cl)(Cl)C(CC(F)F)S(N)(=O)=O. The van der Waals surface area contributed by atoms with Crippen molar-refractivity contribution in [1.29, 1.82) is 0 Å². The van der Waals surface area contributed by atoms with Crippen LogP contribution in [0.5, 0.6) is 0 Å². The Morgan fingerprint density at radius 3 is 1.76 bits per heavy atom. The van der Waals surface area contributed by atoms with Gasteiger partial charge >= 0.3 is 0 Å². The summed E-state index contributed by atoms with van der Waals surface area (Å²) in [4.78, 5) is 0. The van der Waals surface area contributed by atoms with E-state index < -0.39 is 48.2 Å². The topological polar surface area (TPSA) is 120 Å². The second-order valence-electron chi connectivity index (χ2n) is 3.27. The lowest BCUT2D eigenvalue weighted by Crippen LogP contribution is -2.48. The normalized spacial score (nSPS) is 16.2. The van der Waals surface area contributed by atoms with E-state index >= 15 is 0 Å². The number of halogens is 4. The van der Waals surface area contributed by atoms with Crippen molar-refractivity contribution in [2.24, 2.45) is 10.3 Å². The van der Waals surface area contributed by atoms with Crippen LogP contribution in [0.2, 0.25) is 0 Å². The van der Waals surface area contributed by atoms with Gasteiger partial charge in [0.25, 0.3) is 0 Å². The van der Waals surface area contributed by atoms with Crippen LogP contribution in [0.15, 0.2) is 0 Å². The van der Waals surface area contributed by atoms with E-state index in [2.05, 4.69) is 10.3 Å². The van der Waals surface area contributed by atoms with Crippen LogP contribution in [-0.2, 0) is 20.0 Å². The Labute approximate surface area is 107 Å². The van der Waals surface area contributed by atoms with Crippen molar-refractivity contribution in [3.05, 3.63) is 0 Å². The molecule has 0 heterocycles. The summed E-state index contributed by atoms with van der Waals surface area (Å²) in [6, 6.07) is 0. The number of nitrogens with two attached hydrogens (primary N) is 2. The van der Waals surface area contributed by atoms with Crippen molar-refractivity contribution in [2.75, 3.05) is 5.75 Å². The summed E-state index contributed by atoms with van der Waals surface area (Å²) in [6.07, 6.45) is -4.36. The minimum absolute atomic E-state index is 1.21. The van der Waals surface area contributed by atoms with Gasteiger partial charge in [-0.05, 0) is 0 Å². The fraction of sp³-hybridized carbons (Fsp3) is 1.00. The highest BCUT2D eigenvalue weighted by Crippen LogP contribution is 2.33. The largest absolute Gasteiger partial charge is 0.240 e. The summed E-state index contributed by atoms with van der Waals surface area (Å²) >= 11 is 10.9. The van der Waals surface area contributed by atoms with Gasteiger partial charge in [0.15, 0.2) is 4.33 Å². The first-order valence-corrected chi connectivity index (χ1v) is 8.02. The van der Waals surface area contributed by atoms with Gasteiger partial charge in [0.1, 0.15) is 5.25 Å². The van der Waals surface area contributed by atoms with Crippen molar-refractivity contribution in [3.8, 4) is 0 Å². The quantitative estimate of drug-likeness (QED) is 0.651. The van der Waals surface area contributed by atoms with E-state index in [9.17, 15) is 25.6 Å². The van der Waals surface area contributed by atoms with Crippen molar-refractivity contribution in [1.82, 2.24) is 0 Å². The lowest BCUT2D eigenvalue weighted by molar-refractivity contribution is 0.134. The zero-order valence-electron chi connectivity index (χ0n) is 8.18. The van der Waals surface area contributed by atoms with E-state index in [4.69, 9.17) is 23.2 Å². The minimum atomic E-state index is -4.55. The molecule has 1 atom stereocenters. The van der Waals surface area contributed by atoms with Crippen molar-refractivity contribution >= 4 is 43.2 Å². The molecule has 0 aromatic carbocycles. The average Bonchev–Trinajstić information content (AvgIpc) is 1.92. The first-order chi connectivity index (χ1) is 7.26. The highest BCUT2D eigenvalue weighted by atomic mass is 35.5. The second-order valence-corrected chi connectivity index (χ2v) is 8.18. The van der Waals surface area contributed by atoms with E-state index in [1.807, 2.05) is 0 Å². The van der Waals surface area contributed by atoms with Crippen LogP contribution in [0.25, 0.3) is 0 Å². The molecule has 0 radical (unpaired) electrons. The summed E-state index contributed by atoms with van der Waals surface area (Å²) < 4.78 is 65.4. The van der Waals surface area contributed by atoms with Crippen LogP contribution in [0, 0.1) is 0 Å². The first kappa shape index (κ1) is 17.3. The Kier molecular flexibility index (Phi) is 5.57. The molecular formula is C5H10Cl2F2N2O4S2. The Bertz CT molecular complexity index is 464.